The van der Waals surface area contributed by atoms with Gasteiger partial charge in [0.05, 0.1) is 12.5 Å². The van der Waals surface area contributed by atoms with Crippen LogP contribution in [0.5, 0.6) is 5.75 Å². The lowest BCUT2D eigenvalue weighted by atomic mass is 10.1. The maximum Gasteiger partial charge on any atom is 0.227 e. The van der Waals surface area contributed by atoms with E-state index in [-0.39, 0.29) is 23.9 Å². The van der Waals surface area contributed by atoms with Gasteiger partial charge in [-0.25, -0.2) is 8.78 Å². The Bertz CT molecular complexity index is 839. The van der Waals surface area contributed by atoms with E-state index in [9.17, 15) is 13.6 Å². The molecule has 0 fully saturated rings. The summed E-state index contributed by atoms with van der Waals surface area (Å²) in [6, 6.07) is 8.89. The molecule has 0 saturated carbocycles. The summed E-state index contributed by atoms with van der Waals surface area (Å²) in [7, 11) is 3.86. The highest BCUT2D eigenvalue weighted by atomic mass is 19.1. The molecule has 0 saturated heterocycles. The Morgan fingerprint density at radius 2 is 2.00 bits per heavy atom. The fraction of sp³-hybridized carbons (Fsp3) is 0.381. The third-order valence-electron chi connectivity index (χ3n) is 4.67. The number of hydrogen-bond donors (Lipinski definition) is 0. The molecular formula is C21H24F2N2O2. The number of rotatable bonds is 4. The molecule has 0 N–H and O–H groups in total. The molecule has 0 bridgehead atoms. The van der Waals surface area contributed by atoms with Crippen LogP contribution < -0.4 is 4.74 Å². The number of likely N-dealkylation sites (N-methyl/N-ethyl adjacent to an activating group) is 1. The van der Waals surface area contributed by atoms with Crippen LogP contribution in [0.1, 0.15) is 16.7 Å². The quantitative estimate of drug-likeness (QED) is 0.824. The fourth-order valence-corrected chi connectivity index (χ4v) is 3.37. The first-order valence-corrected chi connectivity index (χ1v) is 8.94. The van der Waals surface area contributed by atoms with E-state index < -0.39 is 11.6 Å². The van der Waals surface area contributed by atoms with E-state index in [1.807, 2.05) is 44.1 Å². The van der Waals surface area contributed by atoms with Crippen LogP contribution in [0.4, 0.5) is 8.78 Å². The van der Waals surface area contributed by atoms with Crippen LogP contribution >= 0.6 is 0 Å². The number of ether oxygens (including phenoxy) is 1. The number of aryl methyl sites for hydroxylation is 1. The van der Waals surface area contributed by atoms with Crippen molar-refractivity contribution in [3.63, 3.8) is 0 Å². The van der Waals surface area contributed by atoms with E-state index in [1.165, 1.54) is 0 Å². The molecule has 1 heterocycles. The molecule has 0 spiro atoms. The van der Waals surface area contributed by atoms with Crippen molar-refractivity contribution in [2.24, 2.45) is 0 Å². The van der Waals surface area contributed by atoms with E-state index in [0.29, 0.717) is 19.7 Å². The summed E-state index contributed by atoms with van der Waals surface area (Å²) in [5, 5.41) is 0. The summed E-state index contributed by atoms with van der Waals surface area (Å²) >= 11 is 0. The van der Waals surface area contributed by atoms with Crippen molar-refractivity contribution in [1.29, 1.82) is 0 Å². The SMILES string of the molecule is Cc1ccc2c(c1)CN(C(=O)Cc1cc(F)ccc1F)[C@H](CN(C)C)CO2. The number of amides is 1. The van der Waals surface area contributed by atoms with Crippen LogP contribution in [-0.4, -0.2) is 49.0 Å². The summed E-state index contributed by atoms with van der Waals surface area (Å²) in [5.41, 5.74) is 2.06. The van der Waals surface area contributed by atoms with Gasteiger partial charge in [-0.15, -0.1) is 0 Å². The fourth-order valence-electron chi connectivity index (χ4n) is 3.37. The predicted molar refractivity (Wildman–Crippen MR) is 99.6 cm³/mol. The molecule has 3 rings (SSSR count). The largest absolute Gasteiger partial charge is 0.491 e. The summed E-state index contributed by atoms with van der Waals surface area (Å²) in [6.07, 6.45) is -0.186. The maximum atomic E-state index is 14.0. The van der Waals surface area contributed by atoms with Crippen molar-refractivity contribution < 1.29 is 18.3 Å². The van der Waals surface area contributed by atoms with Gasteiger partial charge in [-0.2, -0.15) is 0 Å². The highest BCUT2D eigenvalue weighted by Crippen LogP contribution is 2.27. The molecular weight excluding hydrogens is 350 g/mol. The second-order valence-corrected chi connectivity index (χ2v) is 7.27. The predicted octanol–water partition coefficient (Wildman–Crippen LogP) is 3.17. The van der Waals surface area contributed by atoms with Crippen molar-refractivity contribution in [2.45, 2.75) is 25.9 Å². The number of hydrogen-bond acceptors (Lipinski definition) is 3. The van der Waals surface area contributed by atoms with Gasteiger partial charge in [-0.05, 0) is 45.3 Å². The molecule has 1 amide bonds. The first kappa shape index (κ1) is 19.3. The lowest BCUT2D eigenvalue weighted by Crippen LogP contribution is -2.47. The molecule has 6 heteroatoms. The van der Waals surface area contributed by atoms with Gasteiger partial charge in [-0.1, -0.05) is 17.7 Å². The lowest BCUT2D eigenvalue weighted by Gasteiger charge is -2.31. The smallest absolute Gasteiger partial charge is 0.227 e. The topological polar surface area (TPSA) is 32.8 Å². The lowest BCUT2D eigenvalue weighted by molar-refractivity contribution is -0.134. The van der Waals surface area contributed by atoms with Gasteiger partial charge in [0.25, 0.3) is 0 Å². The van der Waals surface area contributed by atoms with E-state index in [1.54, 1.807) is 4.90 Å². The first-order chi connectivity index (χ1) is 12.8. The third kappa shape index (κ3) is 4.63. The zero-order valence-corrected chi connectivity index (χ0v) is 15.8. The molecule has 1 aliphatic rings. The summed E-state index contributed by atoms with van der Waals surface area (Å²) < 4.78 is 33.4. The van der Waals surface area contributed by atoms with Crippen LogP contribution in [0.2, 0.25) is 0 Å². The minimum atomic E-state index is -0.573. The highest BCUT2D eigenvalue weighted by molar-refractivity contribution is 5.79. The van der Waals surface area contributed by atoms with E-state index in [2.05, 4.69) is 0 Å². The Morgan fingerprint density at radius 1 is 1.22 bits per heavy atom. The summed E-state index contributed by atoms with van der Waals surface area (Å²) in [6.45, 7) is 3.33. The Morgan fingerprint density at radius 3 is 2.74 bits per heavy atom. The van der Waals surface area contributed by atoms with Crippen LogP contribution in [-0.2, 0) is 17.8 Å². The molecule has 2 aromatic carbocycles. The molecule has 2 aromatic rings. The number of halogens is 2. The summed E-state index contributed by atoms with van der Waals surface area (Å²) in [4.78, 5) is 16.7. The number of carbonyl (C=O) groups excluding carboxylic acids is 1. The van der Waals surface area contributed by atoms with Crippen molar-refractivity contribution in [3.05, 3.63) is 64.7 Å². The Labute approximate surface area is 158 Å². The zero-order chi connectivity index (χ0) is 19.6. The molecule has 4 nitrogen and oxygen atoms in total. The van der Waals surface area contributed by atoms with Gasteiger partial charge in [0.15, 0.2) is 0 Å². The van der Waals surface area contributed by atoms with E-state index in [0.717, 1.165) is 35.1 Å². The van der Waals surface area contributed by atoms with Gasteiger partial charge in [0, 0.05) is 24.2 Å². The zero-order valence-electron chi connectivity index (χ0n) is 15.8. The average molecular weight is 374 g/mol. The third-order valence-corrected chi connectivity index (χ3v) is 4.67. The molecule has 0 radical (unpaired) electrons. The minimum Gasteiger partial charge on any atom is -0.491 e. The van der Waals surface area contributed by atoms with Gasteiger partial charge in [0.1, 0.15) is 24.0 Å². The van der Waals surface area contributed by atoms with Crippen molar-refractivity contribution in [3.8, 4) is 5.75 Å². The minimum absolute atomic E-state index is 0.0678. The van der Waals surface area contributed by atoms with Gasteiger partial charge in [-0.3, -0.25) is 4.79 Å². The van der Waals surface area contributed by atoms with Crippen molar-refractivity contribution >= 4 is 5.91 Å². The van der Waals surface area contributed by atoms with Crippen molar-refractivity contribution in [2.75, 3.05) is 27.2 Å². The molecule has 0 aliphatic carbocycles. The summed E-state index contributed by atoms with van der Waals surface area (Å²) in [5.74, 6) is -0.610. The second-order valence-electron chi connectivity index (χ2n) is 7.27. The molecule has 1 atom stereocenters. The number of nitrogens with zero attached hydrogens (tertiary/aromatic N) is 2. The molecule has 0 unspecified atom stereocenters. The first-order valence-electron chi connectivity index (χ1n) is 8.94. The number of fused-ring (bicyclic) bond motifs is 1. The highest BCUT2D eigenvalue weighted by Gasteiger charge is 2.29. The van der Waals surface area contributed by atoms with Gasteiger partial charge in [0.2, 0.25) is 5.91 Å². The van der Waals surface area contributed by atoms with Crippen LogP contribution in [0.25, 0.3) is 0 Å². The monoisotopic (exact) mass is 374 g/mol. The van der Waals surface area contributed by atoms with E-state index >= 15 is 0 Å². The average Bonchev–Trinajstić information content (AvgIpc) is 2.77. The van der Waals surface area contributed by atoms with Crippen molar-refractivity contribution in [1.82, 2.24) is 9.80 Å². The molecule has 1 aliphatic heterocycles. The standard InChI is InChI=1S/C21H24F2N2O2/c1-14-4-7-20-16(8-14)11-25(18(13-27-20)12-24(2)3)21(26)10-15-9-17(22)5-6-19(15)23/h4-9,18H,10-13H2,1-3H3/t18-/m1/s1. The Hall–Kier alpha value is -2.47. The Balaban J connectivity index is 1.89. The van der Waals surface area contributed by atoms with Gasteiger partial charge >= 0.3 is 0 Å². The van der Waals surface area contributed by atoms with E-state index in [4.69, 9.17) is 4.74 Å². The molecule has 0 aromatic heterocycles. The van der Waals surface area contributed by atoms with Crippen LogP contribution in [0.3, 0.4) is 0 Å². The number of carbonyl (C=O) groups is 1. The second kappa shape index (κ2) is 8.05. The number of benzene rings is 2. The van der Waals surface area contributed by atoms with Crippen LogP contribution in [0.15, 0.2) is 36.4 Å². The van der Waals surface area contributed by atoms with Gasteiger partial charge < -0.3 is 14.5 Å². The molecule has 144 valence electrons. The normalized spacial score (nSPS) is 16.7. The maximum absolute atomic E-state index is 14.0. The molecule has 27 heavy (non-hydrogen) atoms. The Kier molecular flexibility index (Phi) is 5.75. The van der Waals surface area contributed by atoms with Crippen LogP contribution in [0, 0.1) is 18.6 Å².